The molecule has 0 bridgehead atoms. The van der Waals surface area contributed by atoms with Crippen molar-refractivity contribution in [3.8, 4) is 5.75 Å². The Hall–Kier alpha value is -3.71. The molecule has 3 aromatic carbocycles. The first-order chi connectivity index (χ1) is 17.3. The average molecular weight is 502 g/mol. The fourth-order valence-electron chi connectivity index (χ4n) is 5.09. The molecule has 3 aromatic rings. The molecule has 7 heteroatoms. The average Bonchev–Trinajstić information content (AvgIpc) is 2.99. The van der Waals surface area contributed by atoms with E-state index in [1.807, 2.05) is 53.4 Å². The Morgan fingerprint density at radius 1 is 1.08 bits per heavy atom. The van der Waals surface area contributed by atoms with Crippen molar-refractivity contribution in [1.29, 1.82) is 0 Å². The lowest BCUT2D eigenvalue weighted by Gasteiger charge is -2.40. The molecule has 0 saturated heterocycles. The molecule has 1 aliphatic heterocycles. The summed E-state index contributed by atoms with van der Waals surface area (Å²) in [4.78, 5) is 15.8. The summed E-state index contributed by atoms with van der Waals surface area (Å²) in [6.45, 7) is 4.15. The molecular formula is C29H28FN3O2S. The highest BCUT2D eigenvalue weighted by Gasteiger charge is 2.45. The summed E-state index contributed by atoms with van der Waals surface area (Å²) >= 11 is 5.97. The predicted octanol–water partition coefficient (Wildman–Crippen LogP) is 6.70. The van der Waals surface area contributed by atoms with Crippen molar-refractivity contribution in [2.75, 3.05) is 22.6 Å². The van der Waals surface area contributed by atoms with E-state index in [4.69, 9.17) is 17.0 Å². The Morgan fingerprint density at radius 2 is 1.78 bits per heavy atom. The molecule has 5 nitrogen and oxygen atoms in total. The van der Waals surface area contributed by atoms with Gasteiger partial charge in [0.1, 0.15) is 17.3 Å². The number of rotatable bonds is 3. The number of para-hydroxylation sites is 2. The SMILES string of the molecule is COc1ccc(C2C3C(=O)CC(C)(C)C=C3Nc3ccccc3N2C(=S)Nc2ccc(F)cc2)cc1. The Labute approximate surface area is 216 Å². The van der Waals surface area contributed by atoms with E-state index in [-0.39, 0.29) is 17.0 Å². The van der Waals surface area contributed by atoms with Gasteiger partial charge in [0.15, 0.2) is 5.11 Å². The summed E-state index contributed by atoms with van der Waals surface area (Å²) < 4.78 is 18.9. The number of methoxy groups -OCH3 is 1. The van der Waals surface area contributed by atoms with E-state index in [0.29, 0.717) is 17.2 Å². The van der Waals surface area contributed by atoms with Gasteiger partial charge in [-0.15, -0.1) is 0 Å². The van der Waals surface area contributed by atoms with E-state index in [9.17, 15) is 9.18 Å². The van der Waals surface area contributed by atoms with Crippen molar-refractivity contribution in [2.24, 2.45) is 11.3 Å². The van der Waals surface area contributed by atoms with Gasteiger partial charge in [-0.3, -0.25) is 4.79 Å². The molecule has 0 amide bonds. The second kappa shape index (κ2) is 9.39. The van der Waals surface area contributed by atoms with E-state index < -0.39 is 12.0 Å². The first kappa shape index (κ1) is 24.0. The van der Waals surface area contributed by atoms with Crippen molar-refractivity contribution in [3.05, 3.63) is 96.0 Å². The van der Waals surface area contributed by atoms with Crippen LogP contribution in [0.4, 0.5) is 21.5 Å². The zero-order valence-electron chi connectivity index (χ0n) is 20.4. The quantitative estimate of drug-likeness (QED) is 0.390. The van der Waals surface area contributed by atoms with Crippen LogP contribution >= 0.6 is 12.2 Å². The molecule has 0 aromatic heterocycles. The van der Waals surface area contributed by atoms with Crippen molar-refractivity contribution >= 4 is 40.2 Å². The van der Waals surface area contributed by atoms with Gasteiger partial charge in [-0.1, -0.05) is 44.2 Å². The number of fused-ring (bicyclic) bond motifs is 2. The summed E-state index contributed by atoms with van der Waals surface area (Å²) in [5.74, 6) is 0.0911. The monoisotopic (exact) mass is 501 g/mol. The van der Waals surface area contributed by atoms with Crippen LogP contribution in [0, 0.1) is 17.2 Å². The number of hydrogen-bond donors (Lipinski definition) is 2. The molecule has 0 saturated carbocycles. The second-order valence-corrected chi connectivity index (χ2v) is 10.3. The molecule has 2 atom stereocenters. The lowest BCUT2D eigenvalue weighted by molar-refractivity contribution is -0.124. The number of hydrogen-bond acceptors (Lipinski definition) is 4. The van der Waals surface area contributed by atoms with Gasteiger partial charge < -0.3 is 20.3 Å². The molecule has 0 radical (unpaired) electrons. The van der Waals surface area contributed by atoms with Crippen LogP contribution in [0.3, 0.4) is 0 Å². The number of nitrogens with one attached hydrogen (secondary N) is 2. The first-order valence-electron chi connectivity index (χ1n) is 11.9. The third-order valence-electron chi connectivity index (χ3n) is 6.67. The third-order valence-corrected chi connectivity index (χ3v) is 6.96. The molecule has 2 unspecified atom stereocenters. The number of anilines is 3. The molecule has 36 heavy (non-hydrogen) atoms. The highest BCUT2D eigenvalue weighted by molar-refractivity contribution is 7.80. The number of ketones is 1. The summed E-state index contributed by atoms with van der Waals surface area (Å²) in [5, 5.41) is 7.24. The number of halogens is 1. The zero-order chi connectivity index (χ0) is 25.4. The Kier molecular flexibility index (Phi) is 6.26. The van der Waals surface area contributed by atoms with Crippen LogP contribution in [-0.4, -0.2) is 18.0 Å². The van der Waals surface area contributed by atoms with Crippen molar-refractivity contribution < 1.29 is 13.9 Å². The Bertz CT molecular complexity index is 1340. The van der Waals surface area contributed by atoms with Gasteiger partial charge in [-0.05, 0) is 71.7 Å². The number of allylic oxidation sites excluding steroid dienone is 1. The van der Waals surface area contributed by atoms with Crippen LogP contribution in [0.15, 0.2) is 84.6 Å². The van der Waals surface area contributed by atoms with Gasteiger partial charge >= 0.3 is 0 Å². The van der Waals surface area contributed by atoms with Crippen molar-refractivity contribution in [1.82, 2.24) is 0 Å². The number of benzene rings is 3. The Balaban J connectivity index is 1.69. The molecule has 184 valence electrons. The minimum absolute atomic E-state index is 0.146. The summed E-state index contributed by atoms with van der Waals surface area (Å²) in [6, 6.07) is 21.3. The third kappa shape index (κ3) is 4.58. The largest absolute Gasteiger partial charge is 0.497 e. The minimum atomic E-state index is -0.466. The summed E-state index contributed by atoms with van der Waals surface area (Å²) in [6.07, 6.45) is 2.60. The molecular weight excluding hydrogens is 473 g/mol. The lowest BCUT2D eigenvalue weighted by atomic mass is 9.72. The first-order valence-corrected chi connectivity index (χ1v) is 12.3. The van der Waals surface area contributed by atoms with Gasteiger partial charge in [-0.2, -0.15) is 0 Å². The van der Waals surface area contributed by atoms with Crippen LogP contribution < -0.4 is 20.3 Å². The van der Waals surface area contributed by atoms with Gasteiger partial charge in [0, 0.05) is 17.8 Å². The number of nitrogens with zero attached hydrogens (tertiary/aromatic N) is 1. The number of ether oxygens (including phenoxy) is 1. The lowest BCUT2D eigenvalue weighted by Crippen LogP contribution is -2.45. The molecule has 5 rings (SSSR count). The molecule has 1 heterocycles. The fourth-order valence-corrected chi connectivity index (χ4v) is 5.42. The van der Waals surface area contributed by atoms with Crippen LogP contribution in [0.2, 0.25) is 0 Å². The van der Waals surface area contributed by atoms with Gasteiger partial charge in [0.05, 0.1) is 30.4 Å². The molecule has 2 N–H and O–H groups in total. The summed E-state index contributed by atoms with van der Waals surface area (Å²) in [7, 11) is 1.63. The minimum Gasteiger partial charge on any atom is -0.497 e. The maximum absolute atomic E-state index is 13.8. The fraction of sp³-hybridized carbons (Fsp3) is 0.241. The highest BCUT2D eigenvalue weighted by atomic mass is 32.1. The van der Waals surface area contributed by atoms with E-state index in [0.717, 1.165) is 28.4 Å². The smallest absolute Gasteiger partial charge is 0.178 e. The number of carbonyl (C=O) groups is 1. The van der Waals surface area contributed by atoms with Gasteiger partial charge in [-0.25, -0.2) is 4.39 Å². The maximum atomic E-state index is 13.8. The number of thiocarbonyl (C=S) groups is 1. The van der Waals surface area contributed by atoms with E-state index in [2.05, 4.69) is 30.6 Å². The second-order valence-electron chi connectivity index (χ2n) is 9.88. The van der Waals surface area contributed by atoms with E-state index >= 15 is 0 Å². The molecule has 0 spiro atoms. The van der Waals surface area contributed by atoms with Crippen LogP contribution in [-0.2, 0) is 4.79 Å². The number of carbonyl (C=O) groups excluding carboxylic acids is 1. The van der Waals surface area contributed by atoms with Crippen LogP contribution in [0.1, 0.15) is 31.9 Å². The van der Waals surface area contributed by atoms with Crippen molar-refractivity contribution in [2.45, 2.75) is 26.3 Å². The summed E-state index contributed by atoms with van der Waals surface area (Å²) in [5.41, 5.74) is 3.91. The number of Topliss-reactive ketones (excluding diaryl/α,β-unsaturated/α-hetero) is 1. The van der Waals surface area contributed by atoms with Crippen LogP contribution in [0.25, 0.3) is 0 Å². The highest BCUT2D eigenvalue weighted by Crippen LogP contribution is 2.48. The predicted molar refractivity (Wildman–Crippen MR) is 146 cm³/mol. The topological polar surface area (TPSA) is 53.6 Å². The molecule has 0 fully saturated rings. The van der Waals surface area contributed by atoms with Crippen LogP contribution in [0.5, 0.6) is 5.75 Å². The maximum Gasteiger partial charge on any atom is 0.178 e. The molecule has 1 aliphatic carbocycles. The normalized spacial score (nSPS) is 20.3. The van der Waals surface area contributed by atoms with Crippen molar-refractivity contribution in [3.63, 3.8) is 0 Å². The standard InChI is InChI=1S/C29H28FN3O2S/c1-29(2)16-23-26(25(34)17-29)27(18-8-14-21(35-3)15-9-18)33(24-7-5-4-6-22(24)32-23)28(36)31-20-12-10-19(30)11-13-20/h4-16,26-27,32H,17H2,1-3H3,(H,31,36). The van der Waals surface area contributed by atoms with E-state index in [1.54, 1.807) is 19.2 Å². The zero-order valence-corrected chi connectivity index (χ0v) is 21.2. The van der Waals surface area contributed by atoms with Gasteiger partial charge in [0.25, 0.3) is 0 Å². The molecule has 2 aliphatic rings. The Morgan fingerprint density at radius 3 is 2.47 bits per heavy atom. The van der Waals surface area contributed by atoms with Gasteiger partial charge in [0.2, 0.25) is 0 Å². The van der Waals surface area contributed by atoms with E-state index in [1.165, 1.54) is 12.1 Å².